The molecule has 0 bridgehead atoms. The Kier molecular flexibility index (Phi) is 7.81. The number of aromatic hydroxyl groups is 4. The molecule has 4 aromatic rings. The predicted molar refractivity (Wildman–Crippen MR) is 140 cm³/mol. The van der Waals surface area contributed by atoms with Gasteiger partial charge in [0, 0.05) is 5.41 Å². The van der Waals surface area contributed by atoms with Crippen molar-refractivity contribution >= 4 is 0 Å². The van der Waals surface area contributed by atoms with Gasteiger partial charge in [-0.05, 0) is 103 Å². The van der Waals surface area contributed by atoms with E-state index in [1.165, 1.54) is 0 Å². The highest BCUT2D eigenvalue weighted by Crippen LogP contribution is 2.44. The molecule has 186 valence electrons. The summed E-state index contributed by atoms with van der Waals surface area (Å²) in [6.45, 7) is 0. The maximum atomic E-state index is 10.7. The summed E-state index contributed by atoms with van der Waals surface area (Å²) < 4.78 is 0. The van der Waals surface area contributed by atoms with Crippen molar-refractivity contribution in [1.29, 1.82) is 0 Å². The third kappa shape index (κ3) is 5.81. The van der Waals surface area contributed by atoms with Crippen LogP contribution >= 0.6 is 0 Å². The summed E-state index contributed by atoms with van der Waals surface area (Å²) in [5.41, 5.74) is 3.35. The molecule has 36 heavy (non-hydrogen) atoms. The van der Waals surface area contributed by atoms with Gasteiger partial charge in [0.05, 0.1) is 6.10 Å². The summed E-state index contributed by atoms with van der Waals surface area (Å²) in [4.78, 5) is 0. The van der Waals surface area contributed by atoms with Crippen molar-refractivity contribution in [2.24, 2.45) is 0 Å². The van der Waals surface area contributed by atoms with Crippen molar-refractivity contribution in [2.75, 3.05) is 0 Å². The van der Waals surface area contributed by atoms with E-state index in [1.54, 1.807) is 48.5 Å². The molecule has 0 heterocycles. The third-order valence-corrected chi connectivity index (χ3v) is 6.87. The van der Waals surface area contributed by atoms with Crippen LogP contribution in [-0.2, 0) is 11.8 Å². The Bertz CT molecular complexity index is 1120. The minimum atomic E-state index is -0.619. The Balaban J connectivity index is 1.61. The Labute approximate surface area is 211 Å². The number of phenolic OH excluding ortho intramolecular Hbond substituents is 4. The van der Waals surface area contributed by atoms with E-state index >= 15 is 0 Å². The first-order chi connectivity index (χ1) is 17.4. The summed E-state index contributed by atoms with van der Waals surface area (Å²) in [5.74, 6) is 0.754. The summed E-state index contributed by atoms with van der Waals surface area (Å²) >= 11 is 0. The van der Waals surface area contributed by atoms with E-state index in [-0.39, 0.29) is 23.0 Å². The van der Waals surface area contributed by atoms with Crippen molar-refractivity contribution < 1.29 is 25.5 Å². The first-order valence-electron chi connectivity index (χ1n) is 12.2. The fourth-order valence-corrected chi connectivity index (χ4v) is 4.91. The molecule has 0 aliphatic heterocycles. The topological polar surface area (TPSA) is 101 Å². The quantitative estimate of drug-likeness (QED) is 0.178. The Morgan fingerprint density at radius 2 is 0.861 bits per heavy atom. The van der Waals surface area contributed by atoms with Crippen LogP contribution in [0.2, 0.25) is 0 Å². The lowest BCUT2D eigenvalue weighted by atomic mass is 9.66. The van der Waals surface area contributed by atoms with Crippen LogP contribution in [0.3, 0.4) is 0 Å². The number of phenols is 4. The fraction of sp³-hybridized carbons (Fsp3) is 0.226. The smallest absolute Gasteiger partial charge is 0.115 e. The van der Waals surface area contributed by atoms with Crippen LogP contribution in [0.25, 0.3) is 0 Å². The first kappa shape index (κ1) is 25.1. The minimum absolute atomic E-state index is 0.175. The highest BCUT2D eigenvalue weighted by Gasteiger charge is 2.36. The molecule has 0 amide bonds. The number of benzene rings is 4. The molecule has 1 unspecified atom stereocenters. The molecule has 5 N–H and O–H groups in total. The van der Waals surface area contributed by atoms with Crippen molar-refractivity contribution in [3.8, 4) is 23.0 Å². The standard InChI is InChI=1S/C31H32O5/c32-26(12-3-22-4-13-27(33)14-5-22)2-1-21-31(23-6-15-28(34)16-7-23,24-8-17-29(35)18-9-24)25-10-19-30(36)20-11-25/h4-11,13-20,26,32-36H,1-3,12,21H2. The molecule has 0 aliphatic rings. The molecule has 4 rings (SSSR count). The summed E-state index contributed by atoms with van der Waals surface area (Å²) in [5, 5.41) is 50.0. The average Bonchev–Trinajstić information content (AvgIpc) is 2.88. The van der Waals surface area contributed by atoms with Crippen LogP contribution in [0.4, 0.5) is 0 Å². The molecule has 0 aromatic heterocycles. The van der Waals surface area contributed by atoms with Crippen molar-refractivity contribution in [3.63, 3.8) is 0 Å². The molecule has 1 atom stereocenters. The van der Waals surface area contributed by atoms with Gasteiger partial charge in [0.1, 0.15) is 23.0 Å². The van der Waals surface area contributed by atoms with Gasteiger partial charge < -0.3 is 25.5 Å². The number of aliphatic hydroxyl groups excluding tert-OH is 1. The second-order valence-corrected chi connectivity index (χ2v) is 9.30. The maximum Gasteiger partial charge on any atom is 0.115 e. The van der Waals surface area contributed by atoms with E-state index in [0.717, 1.165) is 35.1 Å². The SMILES string of the molecule is Oc1ccc(CCC(O)CCCC(c2ccc(O)cc2)(c2ccc(O)cc2)c2ccc(O)cc2)cc1. The van der Waals surface area contributed by atoms with Gasteiger partial charge >= 0.3 is 0 Å². The first-order valence-corrected chi connectivity index (χ1v) is 12.2. The summed E-state index contributed by atoms with van der Waals surface area (Å²) in [7, 11) is 0. The Hall–Kier alpha value is -3.96. The molecule has 0 spiro atoms. The van der Waals surface area contributed by atoms with Gasteiger partial charge in [0.25, 0.3) is 0 Å². The Morgan fingerprint density at radius 3 is 1.25 bits per heavy atom. The van der Waals surface area contributed by atoms with Crippen LogP contribution in [-0.4, -0.2) is 31.6 Å². The van der Waals surface area contributed by atoms with Gasteiger partial charge in [-0.2, -0.15) is 0 Å². The van der Waals surface area contributed by atoms with Crippen LogP contribution in [0.1, 0.15) is 47.9 Å². The molecule has 0 fully saturated rings. The second kappa shape index (κ2) is 11.2. The van der Waals surface area contributed by atoms with Gasteiger partial charge in [0.2, 0.25) is 0 Å². The van der Waals surface area contributed by atoms with Gasteiger partial charge in [-0.25, -0.2) is 0 Å². The third-order valence-electron chi connectivity index (χ3n) is 6.87. The molecule has 0 saturated heterocycles. The van der Waals surface area contributed by atoms with E-state index in [0.29, 0.717) is 19.3 Å². The summed E-state index contributed by atoms with van der Waals surface area (Å²) in [6, 6.07) is 28.4. The normalized spacial score (nSPS) is 12.4. The molecule has 5 nitrogen and oxygen atoms in total. The van der Waals surface area contributed by atoms with Crippen molar-refractivity contribution in [3.05, 3.63) is 119 Å². The number of aryl methyl sites for hydroxylation is 1. The van der Waals surface area contributed by atoms with E-state index < -0.39 is 11.5 Å². The van der Waals surface area contributed by atoms with Crippen LogP contribution < -0.4 is 0 Å². The number of hydrogen-bond acceptors (Lipinski definition) is 5. The van der Waals surface area contributed by atoms with E-state index in [2.05, 4.69) is 0 Å². The molecular formula is C31H32O5. The molecule has 0 radical (unpaired) electrons. The zero-order valence-corrected chi connectivity index (χ0v) is 20.1. The average molecular weight is 485 g/mol. The molecule has 5 heteroatoms. The molecule has 0 aliphatic carbocycles. The fourth-order valence-electron chi connectivity index (χ4n) is 4.91. The lowest BCUT2D eigenvalue weighted by Gasteiger charge is -2.36. The predicted octanol–water partition coefficient (Wildman–Crippen LogP) is 6.01. The van der Waals surface area contributed by atoms with Crippen molar-refractivity contribution in [1.82, 2.24) is 0 Å². The largest absolute Gasteiger partial charge is 0.508 e. The lowest BCUT2D eigenvalue weighted by Crippen LogP contribution is -2.30. The van der Waals surface area contributed by atoms with E-state index in [9.17, 15) is 25.5 Å². The minimum Gasteiger partial charge on any atom is -0.508 e. The van der Waals surface area contributed by atoms with Crippen LogP contribution in [0.15, 0.2) is 97.1 Å². The molecule has 0 saturated carbocycles. The molecule has 4 aromatic carbocycles. The van der Waals surface area contributed by atoms with Crippen LogP contribution in [0, 0.1) is 0 Å². The van der Waals surface area contributed by atoms with Crippen LogP contribution in [0.5, 0.6) is 23.0 Å². The lowest BCUT2D eigenvalue weighted by molar-refractivity contribution is 0.150. The zero-order valence-electron chi connectivity index (χ0n) is 20.1. The monoisotopic (exact) mass is 484 g/mol. The summed E-state index contributed by atoms with van der Waals surface area (Å²) in [6.07, 6.45) is 2.86. The van der Waals surface area contributed by atoms with Gasteiger partial charge in [0.15, 0.2) is 0 Å². The van der Waals surface area contributed by atoms with E-state index in [1.807, 2.05) is 48.5 Å². The van der Waals surface area contributed by atoms with Gasteiger partial charge in [-0.3, -0.25) is 0 Å². The van der Waals surface area contributed by atoms with Gasteiger partial charge in [-0.1, -0.05) is 48.5 Å². The zero-order chi connectivity index (χ0) is 25.5. The molecular weight excluding hydrogens is 452 g/mol. The number of rotatable bonds is 10. The highest BCUT2D eigenvalue weighted by atomic mass is 16.3. The maximum absolute atomic E-state index is 10.7. The van der Waals surface area contributed by atoms with E-state index in [4.69, 9.17) is 0 Å². The van der Waals surface area contributed by atoms with Crippen molar-refractivity contribution in [2.45, 2.75) is 43.6 Å². The second-order valence-electron chi connectivity index (χ2n) is 9.30. The number of hydrogen-bond donors (Lipinski definition) is 5. The van der Waals surface area contributed by atoms with Gasteiger partial charge in [-0.15, -0.1) is 0 Å². The highest BCUT2D eigenvalue weighted by molar-refractivity contribution is 5.52. The Morgan fingerprint density at radius 1 is 0.500 bits per heavy atom. The number of aliphatic hydroxyl groups is 1.